The van der Waals surface area contributed by atoms with Gasteiger partial charge in [-0.05, 0) is 25.5 Å². The van der Waals surface area contributed by atoms with Crippen molar-refractivity contribution in [3.8, 4) is 11.5 Å². The van der Waals surface area contributed by atoms with E-state index in [1.165, 1.54) is 0 Å². The molecule has 0 aliphatic rings. The second-order valence-corrected chi connectivity index (χ2v) is 4.48. The van der Waals surface area contributed by atoms with Crippen LogP contribution in [0.5, 0.6) is 11.5 Å². The van der Waals surface area contributed by atoms with Crippen LogP contribution in [0.1, 0.15) is 18.4 Å². The number of hydrogen-bond donors (Lipinski definition) is 2. The van der Waals surface area contributed by atoms with Gasteiger partial charge in [-0.2, -0.15) is 0 Å². The first-order valence-electron chi connectivity index (χ1n) is 6.91. The molecular formula is C15H25NO4. The van der Waals surface area contributed by atoms with Crippen LogP contribution < -0.4 is 10.1 Å². The number of ether oxygens (including phenoxy) is 3. The molecule has 2 N–H and O–H groups in total. The smallest absolute Gasteiger partial charge is 0.123 e. The molecule has 114 valence electrons. The van der Waals surface area contributed by atoms with Crippen LogP contribution >= 0.6 is 0 Å². The highest BCUT2D eigenvalue weighted by atomic mass is 16.5. The fourth-order valence-corrected chi connectivity index (χ4v) is 1.74. The van der Waals surface area contributed by atoms with Gasteiger partial charge < -0.3 is 24.6 Å². The molecule has 5 nitrogen and oxygen atoms in total. The van der Waals surface area contributed by atoms with E-state index in [1.807, 2.05) is 12.1 Å². The summed E-state index contributed by atoms with van der Waals surface area (Å²) in [4.78, 5) is 0. The normalized spacial score (nSPS) is 10.7. The summed E-state index contributed by atoms with van der Waals surface area (Å²) in [6.45, 7) is 3.62. The lowest BCUT2D eigenvalue weighted by atomic mass is 10.2. The molecule has 0 saturated carbocycles. The van der Waals surface area contributed by atoms with Gasteiger partial charge in [0.15, 0.2) is 0 Å². The van der Waals surface area contributed by atoms with Crippen LogP contribution in [0.4, 0.5) is 0 Å². The van der Waals surface area contributed by atoms with Gasteiger partial charge in [0.2, 0.25) is 0 Å². The standard InChI is InChI=1S/C15H25NO4/c1-18-9-10-20-8-4-3-7-16-12-13-5-6-14(19-2)11-15(13)17/h5-6,11,16-17H,3-4,7-10,12H2,1-2H3. The minimum atomic E-state index is 0.264. The van der Waals surface area contributed by atoms with E-state index in [4.69, 9.17) is 14.2 Å². The number of methoxy groups -OCH3 is 2. The maximum absolute atomic E-state index is 9.79. The summed E-state index contributed by atoms with van der Waals surface area (Å²) in [5.41, 5.74) is 0.877. The van der Waals surface area contributed by atoms with Gasteiger partial charge in [0, 0.05) is 31.9 Å². The molecule has 5 heteroatoms. The van der Waals surface area contributed by atoms with Gasteiger partial charge in [0.05, 0.1) is 20.3 Å². The number of benzene rings is 1. The first kappa shape index (κ1) is 16.8. The van der Waals surface area contributed by atoms with Crippen LogP contribution in [-0.4, -0.2) is 45.7 Å². The number of nitrogens with one attached hydrogen (secondary N) is 1. The van der Waals surface area contributed by atoms with Crippen molar-refractivity contribution >= 4 is 0 Å². The average molecular weight is 283 g/mol. The molecule has 1 aromatic rings. The Morgan fingerprint density at radius 3 is 2.65 bits per heavy atom. The zero-order valence-corrected chi connectivity index (χ0v) is 12.4. The van der Waals surface area contributed by atoms with E-state index in [1.54, 1.807) is 20.3 Å². The molecule has 0 aromatic heterocycles. The van der Waals surface area contributed by atoms with Crippen LogP contribution in [0.3, 0.4) is 0 Å². The van der Waals surface area contributed by atoms with E-state index in [-0.39, 0.29) is 5.75 Å². The quantitative estimate of drug-likeness (QED) is 0.608. The first-order chi connectivity index (χ1) is 9.77. The minimum absolute atomic E-state index is 0.264. The Balaban J connectivity index is 2.06. The third kappa shape index (κ3) is 6.75. The molecular weight excluding hydrogens is 258 g/mol. The van der Waals surface area contributed by atoms with Crippen molar-refractivity contribution in [2.45, 2.75) is 19.4 Å². The lowest BCUT2D eigenvalue weighted by Gasteiger charge is -2.08. The van der Waals surface area contributed by atoms with Crippen molar-refractivity contribution in [3.63, 3.8) is 0 Å². The maximum atomic E-state index is 9.79. The molecule has 0 saturated heterocycles. The molecule has 0 atom stereocenters. The number of unbranched alkanes of at least 4 members (excludes halogenated alkanes) is 1. The Kier molecular flexibility index (Phi) is 8.78. The van der Waals surface area contributed by atoms with Crippen LogP contribution in [0.2, 0.25) is 0 Å². The lowest BCUT2D eigenvalue weighted by Crippen LogP contribution is -2.15. The van der Waals surface area contributed by atoms with Crippen LogP contribution in [0.15, 0.2) is 18.2 Å². The summed E-state index contributed by atoms with van der Waals surface area (Å²) in [5, 5.41) is 13.1. The van der Waals surface area contributed by atoms with Gasteiger partial charge in [-0.25, -0.2) is 0 Å². The largest absolute Gasteiger partial charge is 0.507 e. The summed E-state index contributed by atoms with van der Waals surface area (Å²) >= 11 is 0. The number of phenols is 1. The second kappa shape index (κ2) is 10.5. The van der Waals surface area contributed by atoms with E-state index >= 15 is 0 Å². The van der Waals surface area contributed by atoms with E-state index in [9.17, 15) is 5.11 Å². The molecule has 0 radical (unpaired) electrons. The summed E-state index contributed by atoms with van der Waals surface area (Å²) < 4.78 is 15.3. The van der Waals surface area contributed by atoms with Crippen molar-refractivity contribution < 1.29 is 19.3 Å². The number of phenolic OH excluding ortho intramolecular Hbond substituents is 1. The zero-order valence-electron chi connectivity index (χ0n) is 12.4. The fraction of sp³-hybridized carbons (Fsp3) is 0.600. The fourth-order valence-electron chi connectivity index (χ4n) is 1.74. The van der Waals surface area contributed by atoms with E-state index < -0.39 is 0 Å². The summed E-state index contributed by atoms with van der Waals surface area (Å²) in [5.74, 6) is 0.930. The van der Waals surface area contributed by atoms with E-state index in [0.29, 0.717) is 25.5 Å². The Morgan fingerprint density at radius 1 is 1.10 bits per heavy atom. The van der Waals surface area contributed by atoms with Gasteiger partial charge in [-0.1, -0.05) is 6.07 Å². The third-order valence-electron chi connectivity index (χ3n) is 2.93. The van der Waals surface area contributed by atoms with Gasteiger partial charge in [-0.15, -0.1) is 0 Å². The molecule has 1 rings (SSSR count). The van der Waals surface area contributed by atoms with Crippen molar-refractivity contribution in [1.29, 1.82) is 0 Å². The topological polar surface area (TPSA) is 60.0 Å². The molecule has 0 heterocycles. The second-order valence-electron chi connectivity index (χ2n) is 4.48. The van der Waals surface area contributed by atoms with Gasteiger partial charge >= 0.3 is 0 Å². The van der Waals surface area contributed by atoms with Gasteiger partial charge in [0.25, 0.3) is 0 Å². The molecule has 20 heavy (non-hydrogen) atoms. The lowest BCUT2D eigenvalue weighted by molar-refractivity contribution is 0.0688. The van der Waals surface area contributed by atoms with Crippen LogP contribution in [0, 0.1) is 0 Å². The van der Waals surface area contributed by atoms with Crippen LogP contribution in [-0.2, 0) is 16.0 Å². The molecule has 0 fully saturated rings. The zero-order chi connectivity index (χ0) is 14.6. The Hall–Kier alpha value is -1.30. The molecule has 1 aromatic carbocycles. The number of aromatic hydroxyl groups is 1. The summed E-state index contributed by atoms with van der Waals surface area (Å²) in [6.07, 6.45) is 2.06. The molecule has 0 spiro atoms. The molecule has 0 aliphatic heterocycles. The minimum Gasteiger partial charge on any atom is -0.507 e. The highest BCUT2D eigenvalue weighted by Crippen LogP contribution is 2.22. The van der Waals surface area contributed by atoms with Crippen molar-refractivity contribution in [2.75, 3.05) is 40.6 Å². The SMILES string of the molecule is COCCOCCCCNCc1ccc(OC)cc1O. The molecule has 0 bridgehead atoms. The maximum Gasteiger partial charge on any atom is 0.123 e. The van der Waals surface area contributed by atoms with Crippen molar-refractivity contribution in [1.82, 2.24) is 5.32 Å². The predicted molar refractivity (Wildman–Crippen MR) is 78.3 cm³/mol. The van der Waals surface area contributed by atoms with E-state index in [0.717, 1.165) is 31.6 Å². The average Bonchev–Trinajstić information content (AvgIpc) is 2.47. The predicted octanol–water partition coefficient (Wildman–Crippen LogP) is 1.93. The van der Waals surface area contributed by atoms with Crippen molar-refractivity contribution in [2.24, 2.45) is 0 Å². The summed E-state index contributed by atoms with van der Waals surface area (Å²) in [7, 11) is 3.25. The van der Waals surface area contributed by atoms with Crippen molar-refractivity contribution in [3.05, 3.63) is 23.8 Å². The highest BCUT2D eigenvalue weighted by Gasteiger charge is 2.02. The number of rotatable bonds is 11. The molecule has 0 unspecified atom stereocenters. The Morgan fingerprint density at radius 2 is 1.95 bits per heavy atom. The highest BCUT2D eigenvalue weighted by molar-refractivity contribution is 5.39. The van der Waals surface area contributed by atoms with E-state index in [2.05, 4.69) is 5.32 Å². The number of hydrogen-bond acceptors (Lipinski definition) is 5. The van der Waals surface area contributed by atoms with Gasteiger partial charge in [0.1, 0.15) is 11.5 Å². The van der Waals surface area contributed by atoms with Gasteiger partial charge in [-0.3, -0.25) is 0 Å². The monoisotopic (exact) mass is 283 g/mol. The Bertz CT molecular complexity index is 371. The molecule has 0 aliphatic carbocycles. The Labute approximate surface area is 120 Å². The molecule has 0 amide bonds. The van der Waals surface area contributed by atoms with Crippen LogP contribution in [0.25, 0.3) is 0 Å². The summed E-state index contributed by atoms with van der Waals surface area (Å²) in [6, 6.07) is 5.34. The third-order valence-corrected chi connectivity index (χ3v) is 2.93. The first-order valence-corrected chi connectivity index (χ1v) is 6.91.